The number of carbonyl (C=O) groups excluding carboxylic acids is 1. The SMILES string of the molecule is CCCCN(CCCC)S(=O)(=O)c1ccc(C(=O)N(CCN(C)C)c2nc3c(OC)ccc(OC)c3s2)cc1. The molecule has 3 rings (SSSR count). The molecule has 0 aliphatic heterocycles. The Labute approximate surface area is 236 Å². The van der Waals surface area contributed by atoms with Crippen LogP contribution in [0.3, 0.4) is 0 Å². The molecule has 1 amide bonds. The number of ether oxygens (including phenoxy) is 2. The van der Waals surface area contributed by atoms with E-state index in [4.69, 9.17) is 14.5 Å². The van der Waals surface area contributed by atoms with E-state index < -0.39 is 10.0 Å². The largest absolute Gasteiger partial charge is 0.495 e. The molecule has 11 heteroatoms. The molecule has 9 nitrogen and oxygen atoms in total. The van der Waals surface area contributed by atoms with Gasteiger partial charge >= 0.3 is 0 Å². The van der Waals surface area contributed by atoms with Gasteiger partial charge in [-0.05, 0) is 63.3 Å². The van der Waals surface area contributed by atoms with Gasteiger partial charge in [0.1, 0.15) is 21.7 Å². The van der Waals surface area contributed by atoms with Gasteiger partial charge in [0.05, 0.1) is 19.1 Å². The predicted octanol–water partition coefficient (Wildman–Crippen LogP) is 5.11. The van der Waals surface area contributed by atoms with Crippen LogP contribution in [0, 0.1) is 0 Å². The van der Waals surface area contributed by atoms with Gasteiger partial charge in [0, 0.05) is 31.7 Å². The number of benzene rings is 2. The zero-order valence-corrected chi connectivity index (χ0v) is 25.4. The Balaban J connectivity index is 1.96. The Hall–Kier alpha value is -2.73. The number of sulfonamides is 1. The summed E-state index contributed by atoms with van der Waals surface area (Å²) in [6.07, 6.45) is 3.44. The van der Waals surface area contributed by atoms with E-state index in [0.29, 0.717) is 53.9 Å². The summed E-state index contributed by atoms with van der Waals surface area (Å²) in [7, 11) is 3.40. The summed E-state index contributed by atoms with van der Waals surface area (Å²) >= 11 is 1.36. The molecule has 0 N–H and O–H groups in total. The number of anilines is 1. The summed E-state index contributed by atoms with van der Waals surface area (Å²) in [5, 5.41) is 0.515. The van der Waals surface area contributed by atoms with Crippen molar-refractivity contribution in [1.29, 1.82) is 0 Å². The number of hydrogen-bond donors (Lipinski definition) is 0. The van der Waals surface area contributed by atoms with Crippen molar-refractivity contribution in [3.05, 3.63) is 42.0 Å². The van der Waals surface area contributed by atoms with E-state index in [-0.39, 0.29) is 10.8 Å². The zero-order valence-electron chi connectivity index (χ0n) is 23.8. The molecule has 0 radical (unpaired) electrons. The summed E-state index contributed by atoms with van der Waals surface area (Å²) in [4.78, 5) is 22.3. The van der Waals surface area contributed by atoms with Crippen LogP contribution < -0.4 is 14.4 Å². The molecular formula is C28H40N4O5S2. The van der Waals surface area contributed by atoms with Crippen molar-refractivity contribution in [1.82, 2.24) is 14.2 Å². The first-order chi connectivity index (χ1) is 18.7. The van der Waals surface area contributed by atoms with Gasteiger partial charge in [-0.15, -0.1) is 0 Å². The lowest BCUT2D eigenvalue weighted by atomic mass is 10.2. The summed E-state index contributed by atoms with van der Waals surface area (Å²) < 4.78 is 40.1. The van der Waals surface area contributed by atoms with Crippen LogP contribution in [0.4, 0.5) is 5.13 Å². The number of nitrogens with zero attached hydrogens (tertiary/aromatic N) is 4. The minimum absolute atomic E-state index is 0.195. The smallest absolute Gasteiger partial charge is 0.260 e. The van der Waals surface area contributed by atoms with Crippen LogP contribution in [0.5, 0.6) is 11.5 Å². The van der Waals surface area contributed by atoms with E-state index in [1.807, 2.05) is 38.9 Å². The second kappa shape index (κ2) is 14.1. The molecule has 2 aromatic carbocycles. The standard InChI is InChI=1S/C28H40N4O5S2/c1-7-9-17-31(18-10-8-2)39(34,35)22-13-11-21(12-14-22)27(33)32(20-19-30(3)4)28-29-25-23(36-5)15-16-24(37-6)26(25)38-28/h11-16H,7-10,17-20H2,1-6H3. The van der Waals surface area contributed by atoms with Gasteiger partial charge in [0.15, 0.2) is 5.13 Å². The molecule has 0 aliphatic carbocycles. The summed E-state index contributed by atoms with van der Waals surface area (Å²) in [5.41, 5.74) is 1.01. The van der Waals surface area contributed by atoms with Crippen molar-refractivity contribution in [2.45, 2.75) is 44.4 Å². The van der Waals surface area contributed by atoms with E-state index in [1.54, 1.807) is 41.6 Å². The lowest BCUT2D eigenvalue weighted by Gasteiger charge is -2.23. The maximum absolute atomic E-state index is 13.8. The molecular weight excluding hydrogens is 536 g/mol. The number of rotatable bonds is 15. The van der Waals surface area contributed by atoms with Crippen LogP contribution in [0.15, 0.2) is 41.3 Å². The summed E-state index contributed by atoms with van der Waals surface area (Å²) in [5.74, 6) is 0.991. The number of aromatic nitrogens is 1. The minimum Gasteiger partial charge on any atom is -0.495 e. The molecule has 39 heavy (non-hydrogen) atoms. The lowest BCUT2D eigenvalue weighted by molar-refractivity contribution is 0.0985. The third-order valence-electron chi connectivity index (χ3n) is 6.41. The molecule has 0 atom stereocenters. The fourth-order valence-corrected chi connectivity index (χ4v) is 6.69. The molecule has 0 saturated carbocycles. The van der Waals surface area contributed by atoms with E-state index in [2.05, 4.69) is 0 Å². The second-order valence-electron chi connectivity index (χ2n) is 9.54. The maximum atomic E-state index is 13.8. The molecule has 1 aromatic heterocycles. The van der Waals surface area contributed by atoms with Crippen molar-refractivity contribution in [2.75, 3.05) is 59.4 Å². The number of hydrogen-bond acceptors (Lipinski definition) is 8. The van der Waals surface area contributed by atoms with Gasteiger partial charge in [-0.1, -0.05) is 38.0 Å². The van der Waals surface area contributed by atoms with Crippen LogP contribution >= 0.6 is 11.3 Å². The van der Waals surface area contributed by atoms with E-state index in [0.717, 1.165) is 30.4 Å². The van der Waals surface area contributed by atoms with Crippen LogP contribution in [-0.4, -0.2) is 83.0 Å². The first kappa shape index (κ1) is 30.8. The van der Waals surface area contributed by atoms with E-state index >= 15 is 0 Å². The highest BCUT2D eigenvalue weighted by Gasteiger charge is 2.26. The normalized spacial score (nSPS) is 11.9. The van der Waals surface area contributed by atoms with Crippen molar-refractivity contribution in [3.63, 3.8) is 0 Å². The minimum atomic E-state index is -3.65. The fourth-order valence-electron chi connectivity index (χ4n) is 4.07. The highest BCUT2D eigenvalue weighted by atomic mass is 32.2. The average Bonchev–Trinajstić information content (AvgIpc) is 3.37. The summed E-state index contributed by atoms with van der Waals surface area (Å²) in [6, 6.07) is 9.84. The molecule has 0 spiro atoms. The van der Waals surface area contributed by atoms with Crippen LogP contribution in [0.1, 0.15) is 49.9 Å². The first-order valence-electron chi connectivity index (χ1n) is 13.3. The van der Waals surface area contributed by atoms with Gasteiger partial charge in [-0.3, -0.25) is 9.69 Å². The van der Waals surface area contributed by atoms with Gasteiger partial charge in [0.25, 0.3) is 5.91 Å². The van der Waals surface area contributed by atoms with Crippen LogP contribution in [-0.2, 0) is 10.0 Å². The first-order valence-corrected chi connectivity index (χ1v) is 15.5. The van der Waals surface area contributed by atoms with Crippen LogP contribution in [0.25, 0.3) is 10.2 Å². The van der Waals surface area contributed by atoms with Gasteiger partial charge in [-0.2, -0.15) is 4.31 Å². The molecule has 0 saturated heterocycles. The Morgan fingerprint density at radius 1 is 0.872 bits per heavy atom. The van der Waals surface area contributed by atoms with Crippen molar-refractivity contribution in [3.8, 4) is 11.5 Å². The molecule has 0 fully saturated rings. The fraction of sp³-hybridized carbons (Fsp3) is 0.500. The molecule has 0 aliphatic rings. The molecule has 3 aromatic rings. The van der Waals surface area contributed by atoms with Gasteiger partial charge in [0.2, 0.25) is 10.0 Å². The topological polar surface area (TPSA) is 92.3 Å². The highest BCUT2D eigenvalue weighted by Crippen LogP contribution is 2.40. The van der Waals surface area contributed by atoms with Gasteiger partial charge in [-0.25, -0.2) is 13.4 Å². The number of unbranched alkanes of at least 4 members (excludes halogenated alkanes) is 2. The number of carbonyl (C=O) groups is 1. The van der Waals surface area contributed by atoms with Gasteiger partial charge < -0.3 is 14.4 Å². The van der Waals surface area contributed by atoms with Crippen molar-refractivity contribution in [2.24, 2.45) is 0 Å². The number of amides is 1. The van der Waals surface area contributed by atoms with Crippen molar-refractivity contribution >= 4 is 42.6 Å². The predicted molar refractivity (Wildman–Crippen MR) is 158 cm³/mol. The Morgan fingerprint density at radius 2 is 1.46 bits per heavy atom. The second-order valence-corrected chi connectivity index (χ2v) is 12.5. The lowest BCUT2D eigenvalue weighted by Crippen LogP contribution is -2.37. The van der Waals surface area contributed by atoms with E-state index in [1.165, 1.54) is 23.5 Å². The molecule has 214 valence electrons. The summed E-state index contributed by atoms with van der Waals surface area (Å²) in [6.45, 7) is 6.09. The highest BCUT2D eigenvalue weighted by molar-refractivity contribution is 7.89. The van der Waals surface area contributed by atoms with Crippen LogP contribution in [0.2, 0.25) is 0 Å². The Kier molecular flexibility index (Phi) is 11.1. The molecule has 0 unspecified atom stereocenters. The third-order valence-corrected chi connectivity index (χ3v) is 9.41. The number of fused-ring (bicyclic) bond motifs is 1. The Morgan fingerprint density at radius 3 is 2.00 bits per heavy atom. The average molecular weight is 577 g/mol. The molecule has 1 heterocycles. The Bertz CT molecular complexity index is 1290. The van der Waals surface area contributed by atoms with E-state index in [9.17, 15) is 13.2 Å². The zero-order chi connectivity index (χ0) is 28.6. The molecule has 0 bridgehead atoms. The monoisotopic (exact) mass is 576 g/mol. The van der Waals surface area contributed by atoms with Crippen molar-refractivity contribution < 1.29 is 22.7 Å². The maximum Gasteiger partial charge on any atom is 0.260 e. The number of methoxy groups -OCH3 is 2. The number of thiazole rings is 1. The number of likely N-dealkylation sites (N-methyl/N-ethyl adjacent to an activating group) is 1. The quantitative estimate of drug-likeness (QED) is 0.248. The third kappa shape index (κ3) is 7.27.